The van der Waals surface area contributed by atoms with E-state index in [1.807, 2.05) is 0 Å². The van der Waals surface area contributed by atoms with Gasteiger partial charge in [-0.25, -0.2) is 4.98 Å². The Morgan fingerprint density at radius 3 is 2.59 bits per heavy atom. The van der Waals surface area contributed by atoms with Crippen molar-refractivity contribution in [2.24, 2.45) is 0 Å². The van der Waals surface area contributed by atoms with Gasteiger partial charge in [0.1, 0.15) is 5.75 Å². The van der Waals surface area contributed by atoms with Crippen LogP contribution in [0.25, 0.3) is 11.3 Å². The molecule has 2 aromatic carbocycles. The van der Waals surface area contributed by atoms with Crippen LogP contribution >= 0.6 is 11.3 Å². The van der Waals surface area contributed by atoms with Gasteiger partial charge in [0.15, 0.2) is 11.7 Å². The molecule has 0 spiro atoms. The second-order valence-corrected chi connectivity index (χ2v) is 6.56. The number of non-ortho nitro benzene ring substituents is 1. The number of halogens is 3. The molecular formula is C18H12F3N3O4S. The molecule has 11 heteroatoms. The van der Waals surface area contributed by atoms with Crippen LogP contribution in [0.15, 0.2) is 53.9 Å². The van der Waals surface area contributed by atoms with Crippen LogP contribution in [0.2, 0.25) is 0 Å². The van der Waals surface area contributed by atoms with Gasteiger partial charge in [-0.05, 0) is 24.3 Å². The fraction of sp³-hybridized carbons (Fsp3) is 0.111. The maximum Gasteiger partial charge on any atom is 0.416 e. The van der Waals surface area contributed by atoms with Crippen LogP contribution in [-0.2, 0) is 11.0 Å². The normalized spacial score (nSPS) is 11.1. The second kappa shape index (κ2) is 8.27. The standard InChI is InChI=1S/C18H12F3N3O4S/c19-18(20,21)12-3-1-2-11(8-12)15-10-29-17(22-15)23-16(25)9-28-14-6-4-13(5-7-14)24(26)27/h1-8,10H,9H2,(H,22,23,25). The van der Waals surface area contributed by atoms with Crippen molar-refractivity contribution in [1.29, 1.82) is 0 Å². The Morgan fingerprint density at radius 2 is 1.93 bits per heavy atom. The molecule has 29 heavy (non-hydrogen) atoms. The number of nitro benzene ring substituents is 1. The van der Waals surface area contributed by atoms with Crippen LogP contribution in [0.5, 0.6) is 5.75 Å². The Labute approximate surface area is 165 Å². The van der Waals surface area contributed by atoms with Gasteiger partial charge < -0.3 is 4.74 Å². The van der Waals surface area contributed by atoms with Gasteiger partial charge in [-0.1, -0.05) is 12.1 Å². The predicted octanol–water partition coefficient (Wildman–Crippen LogP) is 4.75. The molecule has 1 N–H and O–H groups in total. The molecule has 150 valence electrons. The predicted molar refractivity (Wildman–Crippen MR) is 99.8 cm³/mol. The number of benzene rings is 2. The van der Waals surface area contributed by atoms with Crippen LogP contribution in [0, 0.1) is 10.1 Å². The van der Waals surface area contributed by atoms with Crippen LogP contribution < -0.4 is 10.1 Å². The smallest absolute Gasteiger partial charge is 0.416 e. The van der Waals surface area contributed by atoms with E-state index >= 15 is 0 Å². The molecular weight excluding hydrogens is 411 g/mol. The highest BCUT2D eigenvalue weighted by atomic mass is 32.1. The first-order valence-corrected chi connectivity index (χ1v) is 8.90. The number of alkyl halides is 3. The summed E-state index contributed by atoms with van der Waals surface area (Å²) >= 11 is 1.06. The highest BCUT2D eigenvalue weighted by molar-refractivity contribution is 7.14. The highest BCUT2D eigenvalue weighted by Crippen LogP contribution is 2.33. The SMILES string of the molecule is O=C(COc1ccc([N+](=O)[O-])cc1)Nc1nc(-c2cccc(C(F)(F)F)c2)cs1. The molecule has 0 fully saturated rings. The first kappa shape index (κ1) is 20.3. The van der Waals surface area contributed by atoms with E-state index in [1.165, 1.54) is 41.8 Å². The lowest BCUT2D eigenvalue weighted by molar-refractivity contribution is -0.384. The molecule has 7 nitrogen and oxygen atoms in total. The van der Waals surface area contributed by atoms with E-state index in [9.17, 15) is 28.1 Å². The van der Waals surface area contributed by atoms with Crippen LogP contribution in [0.1, 0.15) is 5.56 Å². The third-order valence-corrected chi connectivity index (χ3v) is 4.41. The number of carbonyl (C=O) groups excluding carboxylic acids is 1. The van der Waals surface area contributed by atoms with Gasteiger partial charge in [-0.3, -0.25) is 20.2 Å². The lowest BCUT2D eigenvalue weighted by Gasteiger charge is -2.07. The average molecular weight is 423 g/mol. The molecule has 0 unspecified atom stereocenters. The summed E-state index contributed by atoms with van der Waals surface area (Å²) in [6, 6.07) is 9.94. The monoisotopic (exact) mass is 423 g/mol. The third-order valence-electron chi connectivity index (χ3n) is 3.65. The summed E-state index contributed by atoms with van der Waals surface area (Å²) in [6.45, 7) is -0.365. The number of carbonyl (C=O) groups is 1. The molecule has 0 aliphatic rings. The molecule has 3 aromatic rings. The molecule has 0 aliphatic carbocycles. The van der Waals surface area contributed by atoms with E-state index < -0.39 is 22.6 Å². The lowest BCUT2D eigenvalue weighted by Crippen LogP contribution is -2.20. The zero-order valence-electron chi connectivity index (χ0n) is 14.5. The minimum Gasteiger partial charge on any atom is -0.484 e. The zero-order chi connectivity index (χ0) is 21.0. The number of hydrogen-bond donors (Lipinski definition) is 1. The van der Waals surface area contributed by atoms with E-state index in [0.717, 1.165) is 23.5 Å². The fourth-order valence-corrected chi connectivity index (χ4v) is 3.02. The first-order chi connectivity index (χ1) is 13.7. The number of aromatic nitrogens is 1. The number of ether oxygens (including phenoxy) is 1. The summed E-state index contributed by atoms with van der Waals surface area (Å²) in [5, 5.41) is 14.8. The van der Waals surface area contributed by atoms with Gasteiger partial charge in [-0.2, -0.15) is 13.2 Å². The lowest BCUT2D eigenvalue weighted by atomic mass is 10.1. The van der Waals surface area contributed by atoms with Crippen molar-refractivity contribution in [2.45, 2.75) is 6.18 Å². The quantitative estimate of drug-likeness (QED) is 0.456. The summed E-state index contributed by atoms with van der Waals surface area (Å²) in [5.74, 6) is -0.261. The minimum atomic E-state index is -4.46. The van der Waals surface area contributed by atoms with Gasteiger partial charge in [0, 0.05) is 23.1 Å². The number of nitro groups is 1. The number of nitrogens with zero attached hydrogens (tertiary/aromatic N) is 2. The van der Waals surface area contributed by atoms with Crippen molar-refractivity contribution in [1.82, 2.24) is 4.98 Å². The largest absolute Gasteiger partial charge is 0.484 e. The Morgan fingerprint density at radius 1 is 1.21 bits per heavy atom. The molecule has 0 aliphatic heterocycles. The Bertz CT molecular complexity index is 1040. The molecule has 1 heterocycles. The van der Waals surface area contributed by atoms with Crippen molar-refractivity contribution in [3.05, 3.63) is 69.6 Å². The van der Waals surface area contributed by atoms with Crippen LogP contribution in [-0.4, -0.2) is 22.4 Å². The van der Waals surface area contributed by atoms with Crippen molar-refractivity contribution < 1.29 is 27.6 Å². The zero-order valence-corrected chi connectivity index (χ0v) is 15.3. The Kier molecular flexibility index (Phi) is 5.78. The van der Waals surface area contributed by atoms with Gasteiger partial charge in [-0.15, -0.1) is 11.3 Å². The molecule has 1 amide bonds. The number of anilines is 1. The van der Waals surface area contributed by atoms with Crippen LogP contribution in [0.4, 0.5) is 24.0 Å². The second-order valence-electron chi connectivity index (χ2n) is 5.70. The van der Waals surface area contributed by atoms with Gasteiger partial charge in [0.2, 0.25) is 0 Å². The van der Waals surface area contributed by atoms with E-state index in [1.54, 1.807) is 0 Å². The third kappa shape index (κ3) is 5.29. The summed E-state index contributed by atoms with van der Waals surface area (Å²) in [7, 11) is 0. The average Bonchev–Trinajstić information content (AvgIpc) is 3.14. The van der Waals surface area contributed by atoms with Crippen molar-refractivity contribution in [3.63, 3.8) is 0 Å². The topological polar surface area (TPSA) is 94.4 Å². The number of rotatable bonds is 6. The minimum absolute atomic E-state index is 0.105. The molecule has 3 rings (SSSR count). The number of amides is 1. The molecule has 0 atom stereocenters. The van der Waals surface area contributed by atoms with Crippen LogP contribution in [0.3, 0.4) is 0 Å². The summed E-state index contributed by atoms with van der Waals surface area (Å²) in [6.07, 6.45) is -4.46. The van der Waals surface area contributed by atoms with Crippen molar-refractivity contribution >= 4 is 28.1 Å². The molecule has 0 bridgehead atoms. The fourth-order valence-electron chi connectivity index (χ4n) is 2.29. The molecule has 0 saturated carbocycles. The molecule has 0 radical (unpaired) electrons. The summed E-state index contributed by atoms with van der Waals surface area (Å²) in [5.41, 5.74) is -0.316. The molecule has 0 saturated heterocycles. The van der Waals surface area contributed by atoms with Gasteiger partial charge in [0.25, 0.3) is 11.6 Å². The Balaban J connectivity index is 1.60. The van der Waals surface area contributed by atoms with Gasteiger partial charge in [0.05, 0.1) is 16.2 Å². The van der Waals surface area contributed by atoms with E-state index in [0.29, 0.717) is 5.69 Å². The van der Waals surface area contributed by atoms with Gasteiger partial charge >= 0.3 is 6.18 Å². The summed E-state index contributed by atoms with van der Waals surface area (Å²) in [4.78, 5) is 26.1. The van der Waals surface area contributed by atoms with E-state index in [2.05, 4.69) is 10.3 Å². The Hall–Kier alpha value is -3.47. The highest BCUT2D eigenvalue weighted by Gasteiger charge is 2.30. The first-order valence-electron chi connectivity index (χ1n) is 8.02. The molecule has 1 aromatic heterocycles. The van der Waals surface area contributed by atoms with E-state index in [4.69, 9.17) is 4.74 Å². The number of nitrogens with one attached hydrogen (secondary N) is 1. The summed E-state index contributed by atoms with van der Waals surface area (Å²) < 4.78 is 43.7. The maximum absolute atomic E-state index is 12.8. The maximum atomic E-state index is 12.8. The number of thiazole rings is 1. The number of hydrogen-bond acceptors (Lipinski definition) is 6. The van der Waals surface area contributed by atoms with Crippen molar-refractivity contribution in [2.75, 3.05) is 11.9 Å². The van der Waals surface area contributed by atoms with Crippen molar-refractivity contribution in [3.8, 4) is 17.0 Å². The van der Waals surface area contributed by atoms with E-state index in [-0.39, 0.29) is 28.7 Å².